The fourth-order valence-electron chi connectivity index (χ4n) is 1.94. The van der Waals surface area contributed by atoms with Crippen molar-refractivity contribution in [2.75, 3.05) is 6.61 Å². The molecule has 0 N–H and O–H groups in total. The van der Waals surface area contributed by atoms with Gasteiger partial charge in [0.15, 0.2) is 5.78 Å². The molecule has 20 heavy (non-hydrogen) atoms. The number of nitrogens with zero attached hydrogens (tertiary/aromatic N) is 2. The molecule has 4 heteroatoms. The van der Waals surface area contributed by atoms with Gasteiger partial charge in [0.05, 0.1) is 12.8 Å². The lowest BCUT2D eigenvalue weighted by Gasteiger charge is -2.06. The SMILES string of the molecule is CCCOc1cccc(C(=O)Cc2cnn(CC)c2)c1. The van der Waals surface area contributed by atoms with Crippen LogP contribution in [0.1, 0.15) is 36.2 Å². The van der Waals surface area contributed by atoms with E-state index in [4.69, 9.17) is 4.74 Å². The summed E-state index contributed by atoms with van der Waals surface area (Å²) in [6, 6.07) is 7.36. The monoisotopic (exact) mass is 272 g/mol. The topological polar surface area (TPSA) is 44.1 Å². The van der Waals surface area contributed by atoms with Crippen LogP contribution in [0.15, 0.2) is 36.7 Å². The maximum absolute atomic E-state index is 12.2. The third-order valence-corrected chi connectivity index (χ3v) is 3.00. The Hall–Kier alpha value is -2.10. The molecule has 0 amide bonds. The molecular weight excluding hydrogens is 252 g/mol. The number of Topliss-reactive ketones (excluding diaryl/α,β-unsaturated/α-hetero) is 1. The number of carbonyl (C=O) groups is 1. The molecule has 0 aliphatic carbocycles. The Morgan fingerprint density at radius 2 is 2.20 bits per heavy atom. The first kappa shape index (κ1) is 14.3. The van der Waals surface area contributed by atoms with Crippen molar-refractivity contribution in [2.45, 2.75) is 33.2 Å². The van der Waals surface area contributed by atoms with Gasteiger partial charge in [0.1, 0.15) is 5.75 Å². The molecule has 0 unspecified atom stereocenters. The zero-order chi connectivity index (χ0) is 14.4. The van der Waals surface area contributed by atoms with E-state index in [2.05, 4.69) is 12.0 Å². The number of ketones is 1. The lowest BCUT2D eigenvalue weighted by Crippen LogP contribution is -2.04. The molecule has 0 aliphatic rings. The molecule has 4 nitrogen and oxygen atoms in total. The number of hydrogen-bond acceptors (Lipinski definition) is 3. The second-order valence-electron chi connectivity index (χ2n) is 4.68. The lowest BCUT2D eigenvalue weighted by molar-refractivity contribution is 0.0992. The van der Waals surface area contributed by atoms with Crippen molar-refractivity contribution in [3.63, 3.8) is 0 Å². The summed E-state index contributed by atoms with van der Waals surface area (Å²) < 4.78 is 7.37. The largest absolute Gasteiger partial charge is 0.494 e. The Bertz CT molecular complexity index is 575. The van der Waals surface area contributed by atoms with Gasteiger partial charge in [0.25, 0.3) is 0 Å². The summed E-state index contributed by atoms with van der Waals surface area (Å²) in [7, 11) is 0. The third kappa shape index (κ3) is 3.70. The van der Waals surface area contributed by atoms with Gasteiger partial charge in [0.2, 0.25) is 0 Å². The normalized spacial score (nSPS) is 10.5. The van der Waals surface area contributed by atoms with Crippen LogP contribution in [-0.4, -0.2) is 22.2 Å². The van der Waals surface area contributed by atoms with Crippen LogP contribution in [-0.2, 0) is 13.0 Å². The highest BCUT2D eigenvalue weighted by Crippen LogP contribution is 2.15. The zero-order valence-electron chi connectivity index (χ0n) is 12.0. The molecule has 1 aromatic heterocycles. The number of ether oxygens (including phenoxy) is 1. The summed E-state index contributed by atoms with van der Waals surface area (Å²) in [4.78, 5) is 12.2. The molecule has 0 saturated heterocycles. The van der Waals surface area contributed by atoms with Crippen LogP contribution >= 0.6 is 0 Å². The van der Waals surface area contributed by atoms with Gasteiger partial charge in [-0.2, -0.15) is 5.10 Å². The molecule has 0 bridgehead atoms. The van der Waals surface area contributed by atoms with E-state index in [0.29, 0.717) is 18.6 Å². The van der Waals surface area contributed by atoms with Crippen molar-refractivity contribution < 1.29 is 9.53 Å². The van der Waals surface area contributed by atoms with Crippen molar-refractivity contribution >= 4 is 5.78 Å². The number of hydrogen-bond donors (Lipinski definition) is 0. The highest BCUT2D eigenvalue weighted by Gasteiger charge is 2.09. The molecule has 0 aliphatic heterocycles. The molecule has 1 aromatic carbocycles. The molecule has 0 fully saturated rings. The Balaban J connectivity index is 2.04. The van der Waals surface area contributed by atoms with E-state index in [9.17, 15) is 4.79 Å². The highest BCUT2D eigenvalue weighted by molar-refractivity contribution is 5.97. The van der Waals surface area contributed by atoms with Gasteiger partial charge in [-0.25, -0.2) is 0 Å². The summed E-state index contributed by atoms with van der Waals surface area (Å²) in [5.74, 6) is 0.838. The fraction of sp³-hybridized carbons (Fsp3) is 0.375. The van der Waals surface area contributed by atoms with Crippen molar-refractivity contribution in [2.24, 2.45) is 0 Å². The first-order valence-electron chi connectivity index (χ1n) is 7.00. The van der Waals surface area contributed by atoms with Crippen LogP contribution in [0.4, 0.5) is 0 Å². The second kappa shape index (κ2) is 6.89. The molecule has 1 heterocycles. The average molecular weight is 272 g/mol. The minimum absolute atomic E-state index is 0.0857. The Morgan fingerprint density at radius 3 is 2.90 bits per heavy atom. The zero-order valence-corrected chi connectivity index (χ0v) is 12.0. The van der Waals surface area contributed by atoms with Gasteiger partial charge in [-0.15, -0.1) is 0 Å². The number of aryl methyl sites for hydroxylation is 1. The smallest absolute Gasteiger partial charge is 0.167 e. The van der Waals surface area contributed by atoms with E-state index in [-0.39, 0.29) is 5.78 Å². The van der Waals surface area contributed by atoms with E-state index >= 15 is 0 Å². The van der Waals surface area contributed by atoms with E-state index < -0.39 is 0 Å². The maximum atomic E-state index is 12.2. The fourth-order valence-corrected chi connectivity index (χ4v) is 1.94. The summed E-state index contributed by atoms with van der Waals surface area (Å²) in [5.41, 5.74) is 1.62. The molecular formula is C16H20N2O2. The number of benzene rings is 1. The standard InChI is InChI=1S/C16H20N2O2/c1-3-8-20-15-7-5-6-14(10-15)16(19)9-13-11-17-18(4-2)12-13/h5-7,10-12H,3-4,8-9H2,1-2H3. The molecule has 106 valence electrons. The Morgan fingerprint density at radius 1 is 1.35 bits per heavy atom. The highest BCUT2D eigenvalue weighted by atomic mass is 16.5. The average Bonchev–Trinajstić information content (AvgIpc) is 2.93. The molecule has 0 spiro atoms. The molecule has 2 rings (SSSR count). The van der Waals surface area contributed by atoms with E-state index in [1.54, 1.807) is 6.20 Å². The van der Waals surface area contributed by atoms with Gasteiger partial charge in [0, 0.05) is 24.7 Å². The molecule has 0 saturated carbocycles. The number of carbonyl (C=O) groups excluding carboxylic acids is 1. The molecule has 0 radical (unpaired) electrons. The van der Waals surface area contributed by atoms with Crippen LogP contribution in [0.3, 0.4) is 0 Å². The predicted octanol–water partition coefficient (Wildman–Crippen LogP) is 3.12. The van der Waals surface area contributed by atoms with Gasteiger partial charge in [-0.05, 0) is 31.0 Å². The van der Waals surface area contributed by atoms with E-state index in [1.165, 1.54) is 0 Å². The number of rotatable bonds is 7. The molecule has 2 aromatic rings. The van der Waals surface area contributed by atoms with Crippen LogP contribution in [0, 0.1) is 0 Å². The first-order valence-corrected chi connectivity index (χ1v) is 7.00. The van der Waals surface area contributed by atoms with E-state index in [1.807, 2.05) is 42.1 Å². The Labute approximate surface area is 119 Å². The van der Waals surface area contributed by atoms with Crippen LogP contribution in [0.2, 0.25) is 0 Å². The van der Waals surface area contributed by atoms with Gasteiger partial charge < -0.3 is 4.74 Å². The van der Waals surface area contributed by atoms with E-state index in [0.717, 1.165) is 24.3 Å². The van der Waals surface area contributed by atoms with Crippen molar-refractivity contribution in [1.82, 2.24) is 9.78 Å². The van der Waals surface area contributed by atoms with Crippen molar-refractivity contribution in [1.29, 1.82) is 0 Å². The molecule has 0 atom stereocenters. The van der Waals surface area contributed by atoms with Gasteiger partial charge >= 0.3 is 0 Å². The van der Waals surface area contributed by atoms with Crippen LogP contribution < -0.4 is 4.74 Å². The minimum Gasteiger partial charge on any atom is -0.494 e. The van der Waals surface area contributed by atoms with Gasteiger partial charge in [-0.3, -0.25) is 9.48 Å². The lowest BCUT2D eigenvalue weighted by atomic mass is 10.1. The maximum Gasteiger partial charge on any atom is 0.167 e. The van der Waals surface area contributed by atoms with Gasteiger partial charge in [-0.1, -0.05) is 19.1 Å². The predicted molar refractivity (Wildman–Crippen MR) is 78.2 cm³/mol. The summed E-state index contributed by atoms with van der Waals surface area (Å²) in [6.45, 7) is 5.56. The third-order valence-electron chi connectivity index (χ3n) is 3.00. The summed E-state index contributed by atoms with van der Waals surface area (Å²) in [5, 5.41) is 4.18. The Kier molecular flexibility index (Phi) is 4.93. The summed E-state index contributed by atoms with van der Waals surface area (Å²) in [6.07, 6.45) is 4.99. The summed E-state index contributed by atoms with van der Waals surface area (Å²) >= 11 is 0. The van der Waals surface area contributed by atoms with Crippen LogP contribution in [0.25, 0.3) is 0 Å². The van der Waals surface area contributed by atoms with Crippen LogP contribution in [0.5, 0.6) is 5.75 Å². The van der Waals surface area contributed by atoms with Crippen molar-refractivity contribution in [3.05, 3.63) is 47.8 Å². The van der Waals surface area contributed by atoms with Crippen molar-refractivity contribution in [3.8, 4) is 5.75 Å². The quantitative estimate of drug-likeness (QED) is 0.727. The number of aromatic nitrogens is 2. The second-order valence-corrected chi connectivity index (χ2v) is 4.68. The minimum atomic E-state index is 0.0857. The first-order chi connectivity index (χ1) is 9.72.